The molecule has 5 nitrogen and oxygen atoms in total. The standard InChI is InChI=1S/C18H27N5/c1-12(2)23-7-5-15(6-8-23)9-16-10-20-17(11-19-16)18-13(3)21-22-14(18)4/h10-12,15H,5-9H2,1-4H3,(H,21,22). The lowest BCUT2D eigenvalue weighted by molar-refractivity contribution is 0.149. The second kappa shape index (κ2) is 6.79. The maximum Gasteiger partial charge on any atom is 0.0922 e. The minimum atomic E-state index is 0.663. The van der Waals surface area contributed by atoms with Crippen LogP contribution in [-0.2, 0) is 6.42 Å². The highest BCUT2D eigenvalue weighted by atomic mass is 15.1. The number of nitrogens with one attached hydrogen (secondary N) is 1. The van der Waals surface area contributed by atoms with Crippen molar-refractivity contribution in [1.82, 2.24) is 25.1 Å². The van der Waals surface area contributed by atoms with E-state index in [1.54, 1.807) is 0 Å². The van der Waals surface area contributed by atoms with E-state index in [1.165, 1.54) is 25.9 Å². The van der Waals surface area contributed by atoms with Gasteiger partial charge in [-0.1, -0.05) is 0 Å². The zero-order chi connectivity index (χ0) is 16.4. The highest BCUT2D eigenvalue weighted by Gasteiger charge is 2.21. The predicted octanol–water partition coefficient (Wildman–Crippen LogP) is 3.15. The van der Waals surface area contributed by atoms with Gasteiger partial charge < -0.3 is 4.90 Å². The van der Waals surface area contributed by atoms with E-state index in [2.05, 4.69) is 38.9 Å². The minimum absolute atomic E-state index is 0.663. The van der Waals surface area contributed by atoms with Crippen LogP contribution in [0.2, 0.25) is 0 Å². The molecule has 0 atom stereocenters. The first-order valence-electron chi connectivity index (χ1n) is 8.61. The summed E-state index contributed by atoms with van der Waals surface area (Å²) < 4.78 is 0. The van der Waals surface area contributed by atoms with Crippen molar-refractivity contribution in [2.75, 3.05) is 13.1 Å². The van der Waals surface area contributed by atoms with Gasteiger partial charge in [-0.2, -0.15) is 5.10 Å². The zero-order valence-corrected chi connectivity index (χ0v) is 14.6. The molecule has 0 bridgehead atoms. The number of nitrogens with zero attached hydrogens (tertiary/aromatic N) is 4. The molecule has 0 aromatic carbocycles. The van der Waals surface area contributed by atoms with Crippen molar-refractivity contribution in [3.63, 3.8) is 0 Å². The van der Waals surface area contributed by atoms with Crippen LogP contribution in [0, 0.1) is 19.8 Å². The highest BCUT2D eigenvalue weighted by Crippen LogP contribution is 2.24. The Morgan fingerprint density at radius 1 is 1.17 bits per heavy atom. The van der Waals surface area contributed by atoms with E-state index in [9.17, 15) is 0 Å². The molecule has 1 aliphatic heterocycles. The van der Waals surface area contributed by atoms with Gasteiger partial charge in [-0.3, -0.25) is 15.1 Å². The molecule has 0 aliphatic carbocycles. The third-order valence-electron chi connectivity index (χ3n) is 4.97. The normalized spacial score (nSPS) is 17.1. The Morgan fingerprint density at radius 2 is 1.91 bits per heavy atom. The first kappa shape index (κ1) is 16.1. The number of aromatic amines is 1. The molecule has 1 aliphatic rings. The molecule has 0 amide bonds. The smallest absolute Gasteiger partial charge is 0.0922 e. The van der Waals surface area contributed by atoms with Gasteiger partial charge in [-0.05, 0) is 66.0 Å². The molecule has 2 aromatic rings. The summed E-state index contributed by atoms with van der Waals surface area (Å²) in [5, 5.41) is 7.24. The molecule has 23 heavy (non-hydrogen) atoms. The monoisotopic (exact) mass is 313 g/mol. The fourth-order valence-electron chi connectivity index (χ4n) is 3.49. The van der Waals surface area contributed by atoms with Crippen LogP contribution >= 0.6 is 0 Å². The van der Waals surface area contributed by atoms with Crippen LogP contribution in [0.5, 0.6) is 0 Å². The Morgan fingerprint density at radius 3 is 2.43 bits per heavy atom. The van der Waals surface area contributed by atoms with Crippen molar-refractivity contribution in [3.05, 3.63) is 29.5 Å². The van der Waals surface area contributed by atoms with Gasteiger partial charge in [-0.25, -0.2) is 0 Å². The third-order valence-corrected chi connectivity index (χ3v) is 4.97. The molecule has 1 fully saturated rings. The minimum Gasteiger partial charge on any atom is -0.301 e. The molecule has 124 valence electrons. The van der Waals surface area contributed by atoms with E-state index in [1.807, 2.05) is 26.2 Å². The summed E-state index contributed by atoms with van der Waals surface area (Å²) in [5.41, 5.74) is 5.12. The molecule has 0 unspecified atom stereocenters. The molecular formula is C18H27N5. The fourth-order valence-corrected chi connectivity index (χ4v) is 3.49. The Kier molecular flexibility index (Phi) is 4.76. The number of hydrogen-bond donors (Lipinski definition) is 1. The maximum atomic E-state index is 4.65. The van der Waals surface area contributed by atoms with Crippen molar-refractivity contribution in [3.8, 4) is 11.3 Å². The average Bonchev–Trinajstić information content (AvgIpc) is 2.88. The Hall–Kier alpha value is -1.75. The molecule has 1 saturated heterocycles. The zero-order valence-electron chi connectivity index (χ0n) is 14.6. The van der Waals surface area contributed by atoms with Gasteiger partial charge in [0.2, 0.25) is 0 Å². The van der Waals surface area contributed by atoms with E-state index < -0.39 is 0 Å². The van der Waals surface area contributed by atoms with Crippen LogP contribution < -0.4 is 0 Å². The van der Waals surface area contributed by atoms with Crippen LogP contribution in [-0.4, -0.2) is 44.2 Å². The summed E-state index contributed by atoms with van der Waals surface area (Å²) in [4.78, 5) is 11.8. The molecule has 0 radical (unpaired) electrons. The number of likely N-dealkylation sites (tertiary alicyclic amines) is 1. The molecule has 1 N–H and O–H groups in total. The Bertz CT molecular complexity index is 616. The SMILES string of the molecule is Cc1n[nH]c(C)c1-c1cnc(CC2CCN(C(C)C)CC2)cn1. The van der Waals surface area contributed by atoms with Crippen molar-refractivity contribution < 1.29 is 0 Å². The molecule has 0 saturated carbocycles. The number of H-pyrrole nitrogens is 1. The highest BCUT2D eigenvalue weighted by molar-refractivity contribution is 5.63. The molecule has 5 heteroatoms. The third kappa shape index (κ3) is 3.61. The summed E-state index contributed by atoms with van der Waals surface area (Å²) in [7, 11) is 0. The lowest BCUT2D eigenvalue weighted by atomic mass is 9.91. The number of rotatable bonds is 4. The van der Waals surface area contributed by atoms with Crippen LogP contribution in [0.3, 0.4) is 0 Å². The summed E-state index contributed by atoms with van der Waals surface area (Å²) in [6.45, 7) is 11.0. The van der Waals surface area contributed by atoms with Crippen molar-refractivity contribution >= 4 is 0 Å². The molecule has 0 spiro atoms. The van der Waals surface area contributed by atoms with E-state index in [4.69, 9.17) is 0 Å². The van der Waals surface area contributed by atoms with E-state index in [0.717, 1.165) is 40.7 Å². The van der Waals surface area contributed by atoms with Crippen molar-refractivity contribution in [1.29, 1.82) is 0 Å². The van der Waals surface area contributed by atoms with Crippen molar-refractivity contribution in [2.45, 2.75) is 53.0 Å². The van der Waals surface area contributed by atoms with Gasteiger partial charge in [0, 0.05) is 23.5 Å². The van der Waals surface area contributed by atoms with Crippen LogP contribution in [0.1, 0.15) is 43.8 Å². The maximum absolute atomic E-state index is 4.65. The lowest BCUT2D eigenvalue weighted by Crippen LogP contribution is -2.38. The topological polar surface area (TPSA) is 57.7 Å². The predicted molar refractivity (Wildman–Crippen MR) is 92.2 cm³/mol. The summed E-state index contributed by atoms with van der Waals surface area (Å²) in [6.07, 6.45) is 7.41. The van der Waals surface area contributed by atoms with Gasteiger partial charge in [-0.15, -0.1) is 0 Å². The fraction of sp³-hybridized carbons (Fsp3) is 0.611. The second-order valence-corrected chi connectivity index (χ2v) is 6.98. The first-order valence-corrected chi connectivity index (χ1v) is 8.61. The van der Waals surface area contributed by atoms with Gasteiger partial charge >= 0.3 is 0 Å². The van der Waals surface area contributed by atoms with E-state index >= 15 is 0 Å². The number of aromatic nitrogens is 4. The summed E-state index contributed by atoms with van der Waals surface area (Å²) >= 11 is 0. The van der Waals surface area contributed by atoms with E-state index in [-0.39, 0.29) is 0 Å². The van der Waals surface area contributed by atoms with Gasteiger partial charge in [0.15, 0.2) is 0 Å². The van der Waals surface area contributed by atoms with Gasteiger partial charge in [0.05, 0.1) is 23.3 Å². The summed E-state index contributed by atoms with van der Waals surface area (Å²) in [6, 6.07) is 0.663. The molecular weight excluding hydrogens is 286 g/mol. The van der Waals surface area contributed by atoms with Gasteiger partial charge in [0.25, 0.3) is 0 Å². The Balaban J connectivity index is 1.63. The van der Waals surface area contributed by atoms with Crippen molar-refractivity contribution in [2.24, 2.45) is 5.92 Å². The van der Waals surface area contributed by atoms with Crippen LogP contribution in [0.25, 0.3) is 11.3 Å². The second-order valence-electron chi connectivity index (χ2n) is 6.98. The Labute approximate surface area is 138 Å². The lowest BCUT2D eigenvalue weighted by Gasteiger charge is -2.34. The van der Waals surface area contributed by atoms with E-state index in [0.29, 0.717) is 6.04 Å². The summed E-state index contributed by atoms with van der Waals surface area (Å²) in [5.74, 6) is 0.738. The molecule has 3 heterocycles. The van der Waals surface area contributed by atoms with Gasteiger partial charge in [0.1, 0.15) is 0 Å². The largest absolute Gasteiger partial charge is 0.301 e. The first-order chi connectivity index (χ1) is 11.0. The van der Waals surface area contributed by atoms with Crippen LogP contribution in [0.15, 0.2) is 12.4 Å². The molecule has 2 aromatic heterocycles. The quantitative estimate of drug-likeness (QED) is 0.942. The average molecular weight is 313 g/mol. The van der Waals surface area contributed by atoms with Crippen LogP contribution in [0.4, 0.5) is 0 Å². The number of piperidine rings is 1. The molecule has 3 rings (SSSR count). The number of hydrogen-bond acceptors (Lipinski definition) is 4. The number of aryl methyl sites for hydroxylation is 2.